The highest BCUT2D eigenvalue weighted by molar-refractivity contribution is 7.89. The minimum Gasteiger partial charge on any atom is -0.316 e. The molecule has 2 N–H and O–H groups in total. The maximum absolute atomic E-state index is 12.4. The Labute approximate surface area is 129 Å². The van der Waals surface area contributed by atoms with Gasteiger partial charge >= 0.3 is 0 Å². The first kappa shape index (κ1) is 18.1. The summed E-state index contributed by atoms with van der Waals surface area (Å²) < 4.78 is 27.6. The monoisotopic (exact) mass is 312 g/mol. The van der Waals surface area contributed by atoms with E-state index in [0.717, 1.165) is 29.5 Å². The van der Waals surface area contributed by atoms with Crippen LogP contribution in [0.25, 0.3) is 0 Å². The standard InChI is InChI=1S/C16H28N2O2S/c1-12(2)7-6-8-18-21(19,20)16-10-15(11-17-5)13(3)9-14(16)4/h9-10,12,17-18H,6-8,11H2,1-5H3. The van der Waals surface area contributed by atoms with Crippen LogP contribution in [0.1, 0.15) is 43.4 Å². The van der Waals surface area contributed by atoms with E-state index in [-0.39, 0.29) is 0 Å². The Kier molecular flexibility index (Phi) is 6.84. The molecule has 120 valence electrons. The van der Waals surface area contributed by atoms with Gasteiger partial charge in [0.1, 0.15) is 0 Å². The van der Waals surface area contributed by atoms with E-state index in [0.29, 0.717) is 23.9 Å². The molecule has 1 aromatic carbocycles. The van der Waals surface area contributed by atoms with Gasteiger partial charge in [-0.05, 0) is 62.4 Å². The third-order valence-corrected chi connectivity index (χ3v) is 5.14. The number of nitrogens with one attached hydrogen (secondary N) is 2. The summed E-state index contributed by atoms with van der Waals surface area (Å²) in [6.07, 6.45) is 1.89. The lowest BCUT2D eigenvalue weighted by Gasteiger charge is -2.14. The maximum atomic E-state index is 12.4. The van der Waals surface area contributed by atoms with Gasteiger partial charge in [0.25, 0.3) is 0 Å². The van der Waals surface area contributed by atoms with Gasteiger partial charge in [0.15, 0.2) is 0 Å². The molecule has 0 aliphatic carbocycles. The predicted molar refractivity (Wildman–Crippen MR) is 87.9 cm³/mol. The van der Waals surface area contributed by atoms with Gasteiger partial charge in [-0.25, -0.2) is 13.1 Å². The first-order chi connectivity index (χ1) is 9.77. The third-order valence-electron chi connectivity index (χ3n) is 3.54. The van der Waals surface area contributed by atoms with Gasteiger partial charge in [-0.1, -0.05) is 19.9 Å². The smallest absolute Gasteiger partial charge is 0.240 e. The van der Waals surface area contributed by atoms with Gasteiger partial charge in [-0.15, -0.1) is 0 Å². The van der Waals surface area contributed by atoms with E-state index in [1.807, 2.05) is 27.0 Å². The highest BCUT2D eigenvalue weighted by Gasteiger charge is 2.18. The van der Waals surface area contributed by atoms with Gasteiger partial charge < -0.3 is 5.32 Å². The Bertz CT molecular complexity index is 566. The summed E-state index contributed by atoms with van der Waals surface area (Å²) in [5.41, 5.74) is 2.93. The van der Waals surface area contributed by atoms with Gasteiger partial charge in [-0.2, -0.15) is 0 Å². The summed E-state index contributed by atoms with van der Waals surface area (Å²) in [7, 11) is -1.57. The molecule has 0 amide bonds. The van der Waals surface area contributed by atoms with Crippen LogP contribution >= 0.6 is 0 Å². The van der Waals surface area contributed by atoms with E-state index in [1.54, 1.807) is 6.07 Å². The Balaban J connectivity index is 2.89. The third kappa shape index (κ3) is 5.41. The van der Waals surface area contributed by atoms with Crippen molar-refractivity contribution >= 4 is 10.0 Å². The average molecular weight is 312 g/mol. The lowest BCUT2D eigenvalue weighted by Crippen LogP contribution is -2.26. The number of rotatable bonds is 8. The van der Waals surface area contributed by atoms with Crippen LogP contribution in [0, 0.1) is 19.8 Å². The molecule has 0 aliphatic rings. The Hall–Kier alpha value is -0.910. The zero-order chi connectivity index (χ0) is 16.0. The quantitative estimate of drug-likeness (QED) is 0.726. The van der Waals surface area contributed by atoms with Crippen LogP contribution in [0.5, 0.6) is 0 Å². The zero-order valence-electron chi connectivity index (χ0n) is 13.8. The van der Waals surface area contributed by atoms with E-state index >= 15 is 0 Å². The van der Waals surface area contributed by atoms with Crippen LogP contribution in [0.2, 0.25) is 0 Å². The molecule has 0 atom stereocenters. The molecule has 0 saturated heterocycles. The largest absolute Gasteiger partial charge is 0.316 e. The zero-order valence-corrected chi connectivity index (χ0v) is 14.6. The fourth-order valence-electron chi connectivity index (χ4n) is 2.34. The van der Waals surface area contributed by atoms with Crippen LogP contribution in [-0.2, 0) is 16.6 Å². The molecule has 0 saturated carbocycles. The molecular formula is C16H28N2O2S. The summed E-state index contributed by atoms with van der Waals surface area (Å²) in [4.78, 5) is 0.392. The average Bonchev–Trinajstić information content (AvgIpc) is 2.37. The number of aryl methyl sites for hydroxylation is 2. The number of hydrogen-bond acceptors (Lipinski definition) is 3. The van der Waals surface area contributed by atoms with Crippen molar-refractivity contribution in [1.29, 1.82) is 0 Å². The highest BCUT2D eigenvalue weighted by atomic mass is 32.2. The van der Waals surface area contributed by atoms with Crippen LogP contribution < -0.4 is 10.0 Å². The highest BCUT2D eigenvalue weighted by Crippen LogP contribution is 2.20. The van der Waals surface area contributed by atoms with Crippen molar-refractivity contribution < 1.29 is 8.42 Å². The Morgan fingerprint density at radius 3 is 2.38 bits per heavy atom. The molecule has 0 aliphatic heterocycles. The molecule has 0 heterocycles. The van der Waals surface area contributed by atoms with Crippen LogP contribution in [-0.4, -0.2) is 22.0 Å². The van der Waals surface area contributed by atoms with Crippen LogP contribution in [0.3, 0.4) is 0 Å². The van der Waals surface area contributed by atoms with E-state index < -0.39 is 10.0 Å². The number of sulfonamides is 1. The Morgan fingerprint density at radius 1 is 1.14 bits per heavy atom. The van der Waals surface area contributed by atoms with E-state index in [1.165, 1.54) is 0 Å². The lowest BCUT2D eigenvalue weighted by atomic mass is 10.1. The second kappa shape index (κ2) is 7.92. The molecule has 4 nitrogen and oxygen atoms in total. The van der Waals surface area contributed by atoms with Crippen LogP contribution in [0.4, 0.5) is 0 Å². The van der Waals surface area contributed by atoms with Gasteiger partial charge in [0.2, 0.25) is 10.0 Å². The molecular weight excluding hydrogens is 284 g/mol. The van der Waals surface area contributed by atoms with Crippen molar-refractivity contribution in [2.45, 2.75) is 52.0 Å². The predicted octanol–water partition coefficient (Wildman–Crippen LogP) is 2.74. The van der Waals surface area contributed by atoms with Crippen molar-refractivity contribution in [2.24, 2.45) is 5.92 Å². The SMILES string of the molecule is CNCc1cc(S(=O)(=O)NCCCC(C)C)c(C)cc1C. The summed E-state index contributed by atoms with van der Waals surface area (Å²) >= 11 is 0. The topological polar surface area (TPSA) is 58.2 Å². The molecule has 1 aromatic rings. The van der Waals surface area contributed by atoms with Crippen molar-refractivity contribution in [3.63, 3.8) is 0 Å². The molecule has 21 heavy (non-hydrogen) atoms. The van der Waals surface area contributed by atoms with Crippen molar-refractivity contribution in [3.8, 4) is 0 Å². The molecule has 1 rings (SSSR count). The van der Waals surface area contributed by atoms with Gasteiger partial charge in [0.05, 0.1) is 4.90 Å². The summed E-state index contributed by atoms with van der Waals surface area (Å²) in [5.74, 6) is 0.595. The molecule has 0 unspecified atom stereocenters. The minimum absolute atomic E-state index is 0.392. The molecule has 0 bridgehead atoms. The summed E-state index contributed by atoms with van der Waals surface area (Å²) in [6, 6.07) is 3.72. The van der Waals surface area contributed by atoms with Crippen LogP contribution in [0.15, 0.2) is 17.0 Å². The maximum Gasteiger partial charge on any atom is 0.240 e. The Morgan fingerprint density at radius 2 is 1.81 bits per heavy atom. The molecule has 0 spiro atoms. The van der Waals surface area contributed by atoms with E-state index in [4.69, 9.17) is 0 Å². The van der Waals surface area contributed by atoms with Crippen molar-refractivity contribution in [2.75, 3.05) is 13.6 Å². The molecule has 0 aromatic heterocycles. The molecule has 5 heteroatoms. The van der Waals surface area contributed by atoms with Crippen molar-refractivity contribution in [1.82, 2.24) is 10.0 Å². The fraction of sp³-hybridized carbons (Fsp3) is 0.625. The second-order valence-corrected chi connectivity index (χ2v) is 7.74. The normalized spacial score (nSPS) is 12.1. The number of benzene rings is 1. The minimum atomic E-state index is -3.42. The van der Waals surface area contributed by atoms with Crippen molar-refractivity contribution in [3.05, 3.63) is 28.8 Å². The second-order valence-electron chi connectivity index (χ2n) is 6.01. The van der Waals surface area contributed by atoms with Gasteiger partial charge in [-0.3, -0.25) is 0 Å². The summed E-state index contributed by atoms with van der Waals surface area (Å²) in [5, 5.41) is 3.07. The number of hydrogen-bond donors (Lipinski definition) is 2. The lowest BCUT2D eigenvalue weighted by molar-refractivity contribution is 0.539. The van der Waals surface area contributed by atoms with E-state index in [2.05, 4.69) is 23.9 Å². The molecule has 0 fully saturated rings. The fourth-order valence-corrected chi connectivity index (χ4v) is 3.69. The first-order valence-corrected chi connectivity index (χ1v) is 9.00. The molecule has 0 radical (unpaired) electrons. The first-order valence-electron chi connectivity index (χ1n) is 7.52. The summed E-state index contributed by atoms with van der Waals surface area (Å²) in [6.45, 7) is 9.30. The van der Waals surface area contributed by atoms with E-state index in [9.17, 15) is 8.42 Å². The van der Waals surface area contributed by atoms with Gasteiger partial charge in [0, 0.05) is 13.1 Å².